The second kappa shape index (κ2) is 2.09. The number of carbonyl (C=O) groups excluding carboxylic acids is 1. The van der Waals surface area contributed by atoms with Crippen LogP contribution in [0.15, 0.2) is 12.3 Å². The van der Waals surface area contributed by atoms with Gasteiger partial charge in [0.1, 0.15) is 0 Å². The van der Waals surface area contributed by atoms with Gasteiger partial charge < -0.3 is 5.73 Å². The second-order valence-electron chi connectivity index (χ2n) is 1.34. The predicted octanol–water partition coefficient (Wildman–Crippen LogP) is 0.543. The first kappa shape index (κ1) is 5.50. The minimum Gasteiger partial charge on any atom is -0.350 e. The van der Waals surface area contributed by atoms with Crippen LogP contribution in [0.2, 0.25) is 0 Å². The first-order valence-electron chi connectivity index (χ1n) is 2.19. The molecule has 2 N–H and O–H groups in total. The van der Waals surface area contributed by atoms with E-state index in [0.29, 0.717) is 0 Å². The SMILES string of the molecule is NC(=O)N1C=CCS1. The van der Waals surface area contributed by atoms with E-state index in [4.69, 9.17) is 5.73 Å². The Balaban J connectivity index is 2.48. The third-order valence-electron chi connectivity index (χ3n) is 0.768. The highest BCUT2D eigenvalue weighted by atomic mass is 32.2. The fourth-order valence-electron chi connectivity index (χ4n) is 0.442. The number of nitrogens with zero attached hydrogens (tertiary/aromatic N) is 1. The average molecular weight is 130 g/mol. The first-order chi connectivity index (χ1) is 3.80. The number of hydrogen-bond donors (Lipinski definition) is 1. The van der Waals surface area contributed by atoms with Crippen LogP contribution in [-0.2, 0) is 0 Å². The highest BCUT2D eigenvalue weighted by Crippen LogP contribution is 2.15. The molecule has 0 fully saturated rings. The molecule has 0 aromatic rings. The summed E-state index contributed by atoms with van der Waals surface area (Å²) in [4.78, 5) is 10.3. The van der Waals surface area contributed by atoms with Crippen LogP contribution in [0.25, 0.3) is 0 Å². The van der Waals surface area contributed by atoms with Crippen LogP contribution in [0.1, 0.15) is 0 Å². The van der Waals surface area contributed by atoms with E-state index in [2.05, 4.69) is 0 Å². The summed E-state index contributed by atoms with van der Waals surface area (Å²) in [7, 11) is 0. The molecule has 2 amide bonds. The zero-order valence-corrected chi connectivity index (χ0v) is 5.02. The fourth-order valence-corrected chi connectivity index (χ4v) is 1.07. The van der Waals surface area contributed by atoms with Crippen molar-refractivity contribution in [1.82, 2.24) is 4.31 Å². The zero-order chi connectivity index (χ0) is 5.98. The van der Waals surface area contributed by atoms with E-state index in [0.717, 1.165) is 5.75 Å². The number of hydrogen-bond acceptors (Lipinski definition) is 2. The Morgan fingerprint density at radius 2 is 2.62 bits per heavy atom. The van der Waals surface area contributed by atoms with Crippen molar-refractivity contribution in [3.63, 3.8) is 0 Å². The van der Waals surface area contributed by atoms with E-state index in [-0.39, 0.29) is 0 Å². The van der Waals surface area contributed by atoms with Gasteiger partial charge >= 0.3 is 6.03 Å². The third kappa shape index (κ3) is 0.949. The minimum absolute atomic E-state index is 0.399. The third-order valence-corrected chi connectivity index (χ3v) is 1.69. The number of carbonyl (C=O) groups is 1. The summed E-state index contributed by atoms with van der Waals surface area (Å²) in [5.41, 5.74) is 4.91. The van der Waals surface area contributed by atoms with E-state index in [9.17, 15) is 4.79 Å². The van der Waals surface area contributed by atoms with Crippen LogP contribution in [0.5, 0.6) is 0 Å². The van der Waals surface area contributed by atoms with E-state index < -0.39 is 6.03 Å². The van der Waals surface area contributed by atoms with Gasteiger partial charge in [0.25, 0.3) is 0 Å². The summed E-state index contributed by atoms with van der Waals surface area (Å²) < 4.78 is 1.40. The van der Waals surface area contributed by atoms with Crippen molar-refractivity contribution in [3.05, 3.63) is 12.3 Å². The van der Waals surface area contributed by atoms with Gasteiger partial charge in [-0.15, -0.1) is 0 Å². The van der Waals surface area contributed by atoms with Crippen LogP contribution in [0, 0.1) is 0 Å². The molecule has 44 valence electrons. The van der Waals surface area contributed by atoms with Crippen molar-refractivity contribution in [2.75, 3.05) is 5.75 Å². The lowest BCUT2D eigenvalue weighted by Crippen LogP contribution is -2.23. The van der Waals surface area contributed by atoms with Gasteiger partial charge in [0.2, 0.25) is 0 Å². The molecule has 1 heterocycles. The van der Waals surface area contributed by atoms with Gasteiger partial charge in [-0.3, -0.25) is 0 Å². The van der Waals surface area contributed by atoms with Crippen molar-refractivity contribution in [2.45, 2.75) is 0 Å². The molecule has 0 atom stereocenters. The van der Waals surface area contributed by atoms with Crippen molar-refractivity contribution < 1.29 is 4.79 Å². The molecule has 0 aromatic carbocycles. The monoisotopic (exact) mass is 130 g/mol. The highest BCUT2D eigenvalue weighted by Gasteiger charge is 2.08. The molecule has 0 saturated heterocycles. The molecule has 1 rings (SSSR count). The normalized spacial score (nSPS) is 17.2. The topological polar surface area (TPSA) is 46.3 Å². The Labute approximate surface area is 51.7 Å². The quantitative estimate of drug-likeness (QED) is 0.486. The highest BCUT2D eigenvalue weighted by molar-refractivity contribution is 7.98. The number of rotatable bonds is 0. The van der Waals surface area contributed by atoms with Gasteiger partial charge in [0.05, 0.1) is 0 Å². The maximum Gasteiger partial charge on any atom is 0.328 e. The molecule has 8 heavy (non-hydrogen) atoms. The number of amides is 2. The van der Waals surface area contributed by atoms with Gasteiger partial charge in [0.15, 0.2) is 0 Å². The lowest BCUT2D eigenvalue weighted by molar-refractivity contribution is 0.242. The molecule has 0 unspecified atom stereocenters. The smallest absolute Gasteiger partial charge is 0.328 e. The van der Waals surface area contributed by atoms with E-state index in [1.54, 1.807) is 6.20 Å². The number of primary amides is 1. The predicted molar refractivity (Wildman–Crippen MR) is 33.0 cm³/mol. The van der Waals surface area contributed by atoms with Crippen LogP contribution < -0.4 is 5.73 Å². The summed E-state index contributed by atoms with van der Waals surface area (Å²) in [6.07, 6.45) is 3.56. The van der Waals surface area contributed by atoms with Gasteiger partial charge in [-0.05, 0) is 11.9 Å². The maximum atomic E-state index is 10.3. The van der Waals surface area contributed by atoms with Crippen LogP contribution in [-0.4, -0.2) is 16.1 Å². The number of urea groups is 1. The summed E-state index contributed by atoms with van der Waals surface area (Å²) in [5, 5.41) is 0. The van der Waals surface area contributed by atoms with Gasteiger partial charge in [-0.2, -0.15) is 0 Å². The molecule has 1 aliphatic heterocycles. The van der Waals surface area contributed by atoms with E-state index >= 15 is 0 Å². The van der Waals surface area contributed by atoms with Crippen LogP contribution in [0.4, 0.5) is 4.79 Å². The van der Waals surface area contributed by atoms with E-state index in [1.165, 1.54) is 16.3 Å². The lowest BCUT2D eigenvalue weighted by atomic mass is 10.7. The Morgan fingerprint density at radius 1 is 1.88 bits per heavy atom. The summed E-state index contributed by atoms with van der Waals surface area (Å²) in [6.45, 7) is 0. The molecule has 4 heteroatoms. The molecular weight excluding hydrogens is 124 g/mol. The molecule has 0 aliphatic carbocycles. The summed E-state index contributed by atoms with van der Waals surface area (Å²) in [5.74, 6) is 0.850. The Morgan fingerprint density at radius 3 is 2.88 bits per heavy atom. The molecular formula is C4H6N2OS. The molecule has 0 spiro atoms. The van der Waals surface area contributed by atoms with Crippen LogP contribution >= 0.6 is 11.9 Å². The van der Waals surface area contributed by atoms with Gasteiger partial charge in [-0.25, -0.2) is 9.10 Å². The van der Waals surface area contributed by atoms with Crippen molar-refractivity contribution in [2.24, 2.45) is 5.73 Å². The molecule has 0 bridgehead atoms. The summed E-state index contributed by atoms with van der Waals surface area (Å²) >= 11 is 1.40. The van der Waals surface area contributed by atoms with Gasteiger partial charge in [0, 0.05) is 12.0 Å². The van der Waals surface area contributed by atoms with Crippen molar-refractivity contribution >= 4 is 18.0 Å². The molecule has 3 nitrogen and oxygen atoms in total. The fraction of sp³-hybridized carbons (Fsp3) is 0.250. The minimum atomic E-state index is -0.399. The number of nitrogens with two attached hydrogens (primary N) is 1. The molecule has 0 radical (unpaired) electrons. The first-order valence-corrected chi connectivity index (χ1v) is 3.13. The Hall–Kier alpha value is -0.640. The van der Waals surface area contributed by atoms with Gasteiger partial charge in [-0.1, -0.05) is 6.08 Å². The van der Waals surface area contributed by atoms with Crippen LogP contribution in [0.3, 0.4) is 0 Å². The van der Waals surface area contributed by atoms with Crippen molar-refractivity contribution in [3.8, 4) is 0 Å². The molecule has 1 aliphatic rings. The standard InChI is InChI=1S/C4H6N2OS/c5-4(7)6-2-1-3-8-6/h1-2H,3H2,(H2,5,7). The second-order valence-corrected chi connectivity index (χ2v) is 2.33. The average Bonchev–Trinajstić information content (AvgIpc) is 2.12. The Kier molecular flexibility index (Phi) is 1.43. The lowest BCUT2D eigenvalue weighted by Gasteiger charge is -2.05. The zero-order valence-electron chi connectivity index (χ0n) is 4.20. The van der Waals surface area contributed by atoms with E-state index in [1.807, 2.05) is 6.08 Å². The molecule has 0 aromatic heterocycles. The summed E-state index contributed by atoms with van der Waals surface area (Å²) in [6, 6.07) is -0.399. The maximum absolute atomic E-state index is 10.3. The Bertz CT molecular complexity index is 134. The van der Waals surface area contributed by atoms with Crippen molar-refractivity contribution in [1.29, 1.82) is 0 Å². The largest absolute Gasteiger partial charge is 0.350 e. The molecule has 0 saturated carbocycles.